The molecular weight excluding hydrogens is 236 g/mol. The van der Waals surface area contributed by atoms with Gasteiger partial charge >= 0.3 is 0 Å². The highest BCUT2D eigenvalue weighted by Gasteiger charge is 2.05. The smallest absolute Gasteiger partial charge is 0.179 e. The molecule has 0 fully saturated rings. The second-order valence-corrected chi connectivity index (χ2v) is 4.16. The molecule has 17 heavy (non-hydrogen) atoms. The zero-order valence-corrected chi connectivity index (χ0v) is 9.67. The van der Waals surface area contributed by atoms with E-state index in [1.165, 1.54) is 0 Å². The molecule has 4 nitrogen and oxygen atoms in total. The fraction of sp³-hybridized carbons (Fsp3) is 0.0833. The number of rotatable bonds is 2. The number of hydrogen-bond donors (Lipinski definition) is 0. The molecule has 84 valence electrons. The number of benzene rings is 1. The van der Waals surface area contributed by atoms with Gasteiger partial charge in [0, 0.05) is 23.8 Å². The van der Waals surface area contributed by atoms with Gasteiger partial charge < -0.3 is 0 Å². The summed E-state index contributed by atoms with van der Waals surface area (Å²) in [6.45, 7) is 0. The van der Waals surface area contributed by atoms with Crippen LogP contribution in [0.2, 0.25) is 5.02 Å². The lowest BCUT2D eigenvalue weighted by Gasteiger charge is -2.00. The Balaban J connectivity index is 1.97. The van der Waals surface area contributed by atoms with Gasteiger partial charge in [-0.3, -0.25) is 9.38 Å². The zero-order valence-electron chi connectivity index (χ0n) is 8.92. The van der Waals surface area contributed by atoms with Crippen LogP contribution in [-0.4, -0.2) is 19.6 Å². The summed E-state index contributed by atoms with van der Waals surface area (Å²) in [7, 11) is 0. The van der Waals surface area contributed by atoms with Crippen molar-refractivity contribution in [2.75, 3.05) is 0 Å². The van der Waals surface area contributed by atoms with Crippen molar-refractivity contribution < 1.29 is 0 Å². The highest BCUT2D eigenvalue weighted by Crippen LogP contribution is 2.13. The second kappa shape index (κ2) is 4.14. The normalized spacial score (nSPS) is 10.9. The van der Waals surface area contributed by atoms with Crippen LogP contribution < -0.4 is 0 Å². The summed E-state index contributed by atoms with van der Waals surface area (Å²) < 4.78 is 1.93. The summed E-state index contributed by atoms with van der Waals surface area (Å²) in [5.41, 5.74) is 1.91. The Bertz CT molecular complexity index is 645. The van der Waals surface area contributed by atoms with Gasteiger partial charge in [-0.25, -0.2) is 0 Å². The molecule has 0 radical (unpaired) electrons. The molecule has 0 bridgehead atoms. The molecule has 2 heterocycles. The molecule has 0 aliphatic carbocycles. The van der Waals surface area contributed by atoms with Crippen molar-refractivity contribution in [3.63, 3.8) is 0 Å². The second-order valence-electron chi connectivity index (χ2n) is 3.72. The molecule has 0 saturated carbocycles. The third-order valence-corrected chi connectivity index (χ3v) is 2.81. The monoisotopic (exact) mass is 244 g/mol. The molecule has 0 aliphatic rings. The molecule has 3 aromatic rings. The summed E-state index contributed by atoms with van der Waals surface area (Å²) >= 11 is 5.85. The molecule has 0 saturated heterocycles. The minimum absolute atomic E-state index is 0.725. The number of nitrogens with zero attached hydrogens (tertiary/aromatic N) is 4. The molecule has 0 atom stereocenters. The summed E-state index contributed by atoms with van der Waals surface area (Å²) in [4.78, 5) is 4.00. The summed E-state index contributed by atoms with van der Waals surface area (Å²) in [5, 5.41) is 8.95. The van der Waals surface area contributed by atoms with E-state index in [-0.39, 0.29) is 0 Å². The lowest BCUT2D eigenvalue weighted by atomic mass is 10.1. The standard InChI is InChI=1S/C12H9ClN4/c13-10-3-1-9(2-4-10)7-11-15-16-12-8-14-5-6-17(11)12/h1-6,8H,7H2. The first kappa shape index (κ1) is 10.2. The molecule has 1 aromatic carbocycles. The van der Waals surface area contributed by atoms with Crippen molar-refractivity contribution >= 4 is 17.2 Å². The van der Waals surface area contributed by atoms with Crippen LogP contribution >= 0.6 is 11.6 Å². The summed E-state index contributed by atoms with van der Waals surface area (Å²) in [5.74, 6) is 0.893. The van der Waals surface area contributed by atoms with Crippen LogP contribution in [0.3, 0.4) is 0 Å². The Labute approximate surface area is 103 Å². The average Bonchev–Trinajstić information content (AvgIpc) is 2.76. The van der Waals surface area contributed by atoms with E-state index in [1.54, 1.807) is 12.4 Å². The van der Waals surface area contributed by atoms with E-state index in [9.17, 15) is 0 Å². The molecule has 0 aliphatic heterocycles. The van der Waals surface area contributed by atoms with Crippen molar-refractivity contribution in [1.29, 1.82) is 0 Å². The number of fused-ring (bicyclic) bond motifs is 1. The molecule has 2 aromatic heterocycles. The first-order valence-electron chi connectivity index (χ1n) is 5.21. The van der Waals surface area contributed by atoms with Crippen LogP contribution in [0, 0.1) is 0 Å². The molecular formula is C12H9ClN4. The van der Waals surface area contributed by atoms with E-state index in [0.29, 0.717) is 0 Å². The maximum atomic E-state index is 5.85. The molecule has 0 N–H and O–H groups in total. The van der Waals surface area contributed by atoms with E-state index in [0.717, 1.165) is 28.5 Å². The predicted molar refractivity (Wildman–Crippen MR) is 65.0 cm³/mol. The van der Waals surface area contributed by atoms with Crippen molar-refractivity contribution in [1.82, 2.24) is 19.6 Å². The van der Waals surface area contributed by atoms with Crippen LogP contribution in [-0.2, 0) is 6.42 Å². The largest absolute Gasteiger partial charge is 0.283 e. The van der Waals surface area contributed by atoms with E-state index in [2.05, 4.69) is 15.2 Å². The quantitative estimate of drug-likeness (QED) is 0.695. The number of halogens is 1. The fourth-order valence-electron chi connectivity index (χ4n) is 1.71. The Kier molecular flexibility index (Phi) is 2.49. The first-order valence-corrected chi connectivity index (χ1v) is 5.59. The Morgan fingerprint density at radius 1 is 1.12 bits per heavy atom. The lowest BCUT2D eigenvalue weighted by molar-refractivity contribution is 0.931. The highest BCUT2D eigenvalue weighted by molar-refractivity contribution is 6.30. The lowest BCUT2D eigenvalue weighted by Crippen LogP contribution is -1.96. The Morgan fingerprint density at radius 3 is 2.76 bits per heavy atom. The van der Waals surface area contributed by atoms with Crippen molar-refractivity contribution in [3.05, 3.63) is 59.3 Å². The predicted octanol–water partition coefficient (Wildman–Crippen LogP) is 2.37. The summed E-state index contributed by atoms with van der Waals surface area (Å²) in [6, 6.07) is 7.73. The fourth-order valence-corrected chi connectivity index (χ4v) is 1.83. The molecule has 0 unspecified atom stereocenters. The van der Waals surface area contributed by atoms with Gasteiger partial charge in [-0.05, 0) is 17.7 Å². The van der Waals surface area contributed by atoms with Gasteiger partial charge in [0.15, 0.2) is 5.65 Å². The maximum absolute atomic E-state index is 5.85. The topological polar surface area (TPSA) is 43.1 Å². The van der Waals surface area contributed by atoms with Gasteiger partial charge in [-0.1, -0.05) is 23.7 Å². The Hall–Kier alpha value is -1.94. The zero-order chi connectivity index (χ0) is 11.7. The van der Waals surface area contributed by atoms with Gasteiger partial charge in [0.2, 0.25) is 0 Å². The van der Waals surface area contributed by atoms with E-state index in [4.69, 9.17) is 11.6 Å². The molecule has 0 spiro atoms. The van der Waals surface area contributed by atoms with Gasteiger partial charge in [-0.2, -0.15) is 0 Å². The van der Waals surface area contributed by atoms with E-state index in [1.807, 2.05) is 34.9 Å². The van der Waals surface area contributed by atoms with Crippen molar-refractivity contribution in [3.8, 4) is 0 Å². The Morgan fingerprint density at radius 2 is 1.94 bits per heavy atom. The summed E-state index contributed by atoms with van der Waals surface area (Å²) in [6.07, 6.45) is 6.00. The minimum atomic E-state index is 0.725. The maximum Gasteiger partial charge on any atom is 0.179 e. The molecule has 5 heteroatoms. The van der Waals surface area contributed by atoms with Crippen molar-refractivity contribution in [2.45, 2.75) is 6.42 Å². The van der Waals surface area contributed by atoms with Gasteiger partial charge in [-0.15, -0.1) is 10.2 Å². The van der Waals surface area contributed by atoms with Crippen LogP contribution in [0.1, 0.15) is 11.4 Å². The van der Waals surface area contributed by atoms with Gasteiger partial charge in [0.25, 0.3) is 0 Å². The van der Waals surface area contributed by atoms with Crippen LogP contribution in [0.4, 0.5) is 0 Å². The van der Waals surface area contributed by atoms with Crippen LogP contribution in [0.25, 0.3) is 5.65 Å². The highest BCUT2D eigenvalue weighted by atomic mass is 35.5. The van der Waals surface area contributed by atoms with E-state index < -0.39 is 0 Å². The molecule has 0 amide bonds. The average molecular weight is 245 g/mol. The van der Waals surface area contributed by atoms with Crippen LogP contribution in [0.15, 0.2) is 42.9 Å². The third kappa shape index (κ3) is 1.99. The van der Waals surface area contributed by atoms with Crippen molar-refractivity contribution in [2.24, 2.45) is 0 Å². The third-order valence-electron chi connectivity index (χ3n) is 2.56. The van der Waals surface area contributed by atoms with Gasteiger partial charge in [0.05, 0.1) is 6.20 Å². The van der Waals surface area contributed by atoms with Gasteiger partial charge in [0.1, 0.15) is 5.82 Å². The molecule has 3 rings (SSSR count). The van der Waals surface area contributed by atoms with E-state index >= 15 is 0 Å². The number of aromatic nitrogens is 4. The minimum Gasteiger partial charge on any atom is -0.283 e. The van der Waals surface area contributed by atoms with Crippen LogP contribution in [0.5, 0.6) is 0 Å². The first-order chi connectivity index (χ1) is 8.33. The number of hydrogen-bond acceptors (Lipinski definition) is 3. The SMILES string of the molecule is Clc1ccc(Cc2nnc3cnccn23)cc1.